The quantitative estimate of drug-likeness (QED) is 0.829. The molecule has 0 aromatic heterocycles. The van der Waals surface area contributed by atoms with Gasteiger partial charge in [-0.3, -0.25) is 9.59 Å². The van der Waals surface area contributed by atoms with Crippen LogP contribution in [0.1, 0.15) is 30.9 Å². The molecule has 1 fully saturated rings. The summed E-state index contributed by atoms with van der Waals surface area (Å²) in [4.78, 5) is 25.4. The third-order valence-corrected chi connectivity index (χ3v) is 5.88. The van der Waals surface area contributed by atoms with Crippen molar-refractivity contribution in [3.05, 3.63) is 35.4 Å². The fourth-order valence-electron chi connectivity index (χ4n) is 2.82. The minimum atomic E-state index is -3.01. The van der Waals surface area contributed by atoms with Gasteiger partial charge in [-0.15, -0.1) is 0 Å². The van der Waals surface area contributed by atoms with Gasteiger partial charge < -0.3 is 10.2 Å². The number of carbonyl (C=O) groups is 2. The van der Waals surface area contributed by atoms with Crippen LogP contribution in [0.5, 0.6) is 0 Å². The molecule has 1 saturated heterocycles. The van der Waals surface area contributed by atoms with Gasteiger partial charge in [-0.2, -0.15) is 0 Å². The molecule has 1 atom stereocenters. The molecule has 24 heavy (non-hydrogen) atoms. The van der Waals surface area contributed by atoms with Crippen molar-refractivity contribution in [1.82, 2.24) is 10.2 Å². The number of rotatable bonds is 6. The molecule has 2 amide bonds. The molecule has 0 bridgehead atoms. The molecule has 1 aliphatic heterocycles. The van der Waals surface area contributed by atoms with Gasteiger partial charge in [-0.05, 0) is 18.9 Å². The van der Waals surface area contributed by atoms with Crippen LogP contribution < -0.4 is 5.32 Å². The largest absolute Gasteiger partial charge is 0.352 e. The van der Waals surface area contributed by atoms with E-state index >= 15 is 0 Å². The number of amides is 2. The third-order valence-electron chi connectivity index (χ3n) is 4.11. The van der Waals surface area contributed by atoms with E-state index in [0.717, 1.165) is 11.1 Å². The van der Waals surface area contributed by atoms with Gasteiger partial charge in [-0.25, -0.2) is 8.42 Å². The molecule has 0 aliphatic carbocycles. The second-order valence-electron chi connectivity index (χ2n) is 6.35. The maximum absolute atomic E-state index is 12.0. The molecular formula is C17H24N2O4S. The average Bonchev–Trinajstić information content (AvgIpc) is 2.82. The van der Waals surface area contributed by atoms with Gasteiger partial charge in [0.25, 0.3) is 0 Å². The van der Waals surface area contributed by atoms with E-state index in [0.29, 0.717) is 19.5 Å². The lowest BCUT2D eigenvalue weighted by Gasteiger charge is -2.21. The molecule has 1 unspecified atom stereocenters. The SMILES string of the molecule is CC(=O)N(CCC(=O)NC1CCS(=O)(=O)C1)Cc1cccc(C)c1. The summed E-state index contributed by atoms with van der Waals surface area (Å²) in [6, 6.07) is 7.59. The Bertz CT molecular complexity index is 715. The van der Waals surface area contributed by atoms with Crippen LogP contribution in [0.15, 0.2) is 24.3 Å². The molecule has 6 nitrogen and oxygen atoms in total. The lowest BCUT2D eigenvalue weighted by Crippen LogP contribution is -2.38. The number of carbonyl (C=O) groups excluding carboxylic acids is 2. The Kier molecular flexibility index (Phi) is 5.99. The van der Waals surface area contributed by atoms with Crippen LogP contribution in [0, 0.1) is 6.92 Å². The number of benzene rings is 1. The molecule has 7 heteroatoms. The standard InChI is InChI=1S/C17H24N2O4S/c1-13-4-3-5-15(10-13)11-19(14(2)20)8-6-17(21)18-16-7-9-24(22,23)12-16/h3-5,10,16H,6-9,11-12H2,1-2H3,(H,18,21). The molecule has 2 rings (SSSR count). The van der Waals surface area contributed by atoms with Crippen LogP contribution in [-0.2, 0) is 26.0 Å². The van der Waals surface area contributed by atoms with E-state index in [-0.39, 0.29) is 35.8 Å². The molecule has 0 saturated carbocycles. The molecular weight excluding hydrogens is 328 g/mol. The first kappa shape index (κ1) is 18.4. The highest BCUT2D eigenvalue weighted by Gasteiger charge is 2.28. The van der Waals surface area contributed by atoms with E-state index in [1.807, 2.05) is 31.2 Å². The summed E-state index contributed by atoms with van der Waals surface area (Å²) in [7, 11) is -3.01. The monoisotopic (exact) mass is 352 g/mol. The van der Waals surface area contributed by atoms with E-state index in [2.05, 4.69) is 5.32 Å². The Hall–Kier alpha value is -1.89. The van der Waals surface area contributed by atoms with Gasteiger partial charge in [0, 0.05) is 32.5 Å². The molecule has 1 aliphatic rings. The molecule has 1 N–H and O–H groups in total. The van der Waals surface area contributed by atoms with E-state index in [1.165, 1.54) is 6.92 Å². The Morgan fingerprint density at radius 2 is 2.08 bits per heavy atom. The lowest BCUT2D eigenvalue weighted by molar-refractivity contribution is -0.130. The minimum Gasteiger partial charge on any atom is -0.352 e. The van der Waals surface area contributed by atoms with Gasteiger partial charge in [0.05, 0.1) is 11.5 Å². The first-order valence-corrected chi connectivity index (χ1v) is 9.88. The molecule has 1 aromatic rings. The van der Waals surface area contributed by atoms with Gasteiger partial charge in [0.2, 0.25) is 11.8 Å². The van der Waals surface area contributed by atoms with Gasteiger partial charge in [-0.1, -0.05) is 29.8 Å². The summed E-state index contributed by atoms with van der Waals surface area (Å²) in [5.41, 5.74) is 2.14. The van der Waals surface area contributed by atoms with Crippen molar-refractivity contribution in [2.75, 3.05) is 18.1 Å². The highest BCUT2D eigenvalue weighted by Crippen LogP contribution is 2.12. The Labute approximate surface area is 143 Å². The summed E-state index contributed by atoms with van der Waals surface area (Å²) in [5, 5.41) is 2.75. The van der Waals surface area contributed by atoms with Gasteiger partial charge in [0.15, 0.2) is 9.84 Å². The zero-order valence-electron chi connectivity index (χ0n) is 14.1. The van der Waals surface area contributed by atoms with Crippen molar-refractivity contribution in [1.29, 1.82) is 0 Å². The second-order valence-corrected chi connectivity index (χ2v) is 8.58. The van der Waals surface area contributed by atoms with E-state index in [4.69, 9.17) is 0 Å². The second kappa shape index (κ2) is 7.79. The van der Waals surface area contributed by atoms with Crippen LogP contribution in [0.2, 0.25) is 0 Å². The van der Waals surface area contributed by atoms with E-state index < -0.39 is 9.84 Å². The summed E-state index contributed by atoms with van der Waals surface area (Å²) in [6.07, 6.45) is 0.635. The van der Waals surface area contributed by atoms with Crippen molar-refractivity contribution in [3.63, 3.8) is 0 Å². The zero-order chi connectivity index (χ0) is 17.7. The predicted molar refractivity (Wildman–Crippen MR) is 92.1 cm³/mol. The summed E-state index contributed by atoms with van der Waals surface area (Å²) in [5.74, 6) is -0.163. The number of nitrogens with zero attached hydrogens (tertiary/aromatic N) is 1. The number of sulfone groups is 1. The van der Waals surface area contributed by atoms with Crippen LogP contribution in [-0.4, -0.2) is 49.2 Å². The molecule has 0 radical (unpaired) electrons. The summed E-state index contributed by atoms with van der Waals surface area (Å²) in [6.45, 7) is 4.25. The molecule has 0 spiro atoms. The molecule has 1 aromatic carbocycles. The highest BCUT2D eigenvalue weighted by atomic mass is 32.2. The first-order valence-electron chi connectivity index (χ1n) is 8.06. The number of hydrogen-bond acceptors (Lipinski definition) is 4. The van der Waals surface area contributed by atoms with Crippen LogP contribution in [0.3, 0.4) is 0 Å². The molecule has 1 heterocycles. The fraction of sp³-hybridized carbons (Fsp3) is 0.529. The van der Waals surface area contributed by atoms with Crippen molar-refractivity contribution < 1.29 is 18.0 Å². The third kappa shape index (κ3) is 5.63. The van der Waals surface area contributed by atoms with Gasteiger partial charge in [0.1, 0.15) is 0 Å². The maximum Gasteiger partial charge on any atom is 0.222 e. The summed E-state index contributed by atoms with van der Waals surface area (Å²) < 4.78 is 22.8. The predicted octanol–water partition coefficient (Wildman–Crippen LogP) is 1.04. The van der Waals surface area contributed by atoms with Crippen molar-refractivity contribution in [2.45, 2.75) is 39.3 Å². The maximum atomic E-state index is 12.0. The Morgan fingerprint density at radius 3 is 2.67 bits per heavy atom. The van der Waals surface area contributed by atoms with Gasteiger partial charge >= 0.3 is 0 Å². The van der Waals surface area contributed by atoms with Crippen LogP contribution in [0.4, 0.5) is 0 Å². The van der Waals surface area contributed by atoms with Crippen LogP contribution >= 0.6 is 0 Å². The average molecular weight is 352 g/mol. The number of hydrogen-bond donors (Lipinski definition) is 1. The van der Waals surface area contributed by atoms with Crippen LogP contribution in [0.25, 0.3) is 0 Å². The lowest BCUT2D eigenvalue weighted by atomic mass is 10.1. The normalized spacial score (nSPS) is 19.0. The number of aryl methyl sites for hydroxylation is 1. The highest BCUT2D eigenvalue weighted by molar-refractivity contribution is 7.91. The summed E-state index contributed by atoms with van der Waals surface area (Å²) >= 11 is 0. The fourth-order valence-corrected chi connectivity index (χ4v) is 4.50. The van der Waals surface area contributed by atoms with E-state index in [1.54, 1.807) is 4.90 Å². The smallest absolute Gasteiger partial charge is 0.222 e. The van der Waals surface area contributed by atoms with Crippen molar-refractivity contribution in [2.24, 2.45) is 0 Å². The molecule has 132 valence electrons. The topological polar surface area (TPSA) is 83.6 Å². The Balaban J connectivity index is 1.85. The first-order chi connectivity index (χ1) is 11.2. The van der Waals surface area contributed by atoms with Crippen molar-refractivity contribution in [3.8, 4) is 0 Å². The minimum absolute atomic E-state index is 0.0124. The van der Waals surface area contributed by atoms with Crippen molar-refractivity contribution >= 4 is 21.7 Å². The zero-order valence-corrected chi connectivity index (χ0v) is 14.9. The Morgan fingerprint density at radius 1 is 1.33 bits per heavy atom. The number of nitrogens with one attached hydrogen (secondary N) is 1. The van der Waals surface area contributed by atoms with E-state index in [9.17, 15) is 18.0 Å².